The maximum atomic E-state index is 3.50. The predicted octanol–water partition coefficient (Wildman–Crippen LogP) is 4.04. The maximum absolute atomic E-state index is 3.50. The van der Waals surface area contributed by atoms with Gasteiger partial charge in [0.25, 0.3) is 0 Å². The molecule has 0 fully saturated rings. The molecule has 0 aliphatic carbocycles. The van der Waals surface area contributed by atoms with Crippen LogP contribution in [0.3, 0.4) is 0 Å². The van der Waals surface area contributed by atoms with Gasteiger partial charge in [-0.1, -0.05) is 60.1 Å². The van der Waals surface area contributed by atoms with Crippen molar-refractivity contribution in [2.75, 3.05) is 5.33 Å². The van der Waals surface area contributed by atoms with E-state index in [2.05, 4.69) is 60.1 Å². The normalized spacial score (nSPS) is 11.6. The SMILES string of the molecule is CC(C)(CCBr)Cc1ccccc1. The van der Waals surface area contributed by atoms with E-state index in [1.807, 2.05) is 0 Å². The van der Waals surface area contributed by atoms with E-state index in [0.29, 0.717) is 5.41 Å². The molecule has 0 heterocycles. The van der Waals surface area contributed by atoms with E-state index in [4.69, 9.17) is 0 Å². The lowest BCUT2D eigenvalue weighted by Gasteiger charge is -2.23. The van der Waals surface area contributed by atoms with Gasteiger partial charge in [-0.2, -0.15) is 0 Å². The first-order valence-electron chi connectivity index (χ1n) is 4.74. The fourth-order valence-electron chi connectivity index (χ4n) is 1.49. The average Bonchev–Trinajstić information content (AvgIpc) is 2.04. The second-order valence-electron chi connectivity index (χ2n) is 4.27. The van der Waals surface area contributed by atoms with Crippen molar-refractivity contribution in [3.05, 3.63) is 35.9 Å². The predicted molar refractivity (Wildman–Crippen MR) is 62.3 cm³/mol. The molecule has 0 aliphatic heterocycles. The van der Waals surface area contributed by atoms with Crippen LogP contribution in [0, 0.1) is 5.41 Å². The standard InChI is InChI=1S/C12H17Br/c1-12(2,8-9-13)10-11-6-4-3-5-7-11/h3-7H,8-10H2,1-2H3. The van der Waals surface area contributed by atoms with Gasteiger partial charge in [0.15, 0.2) is 0 Å². The van der Waals surface area contributed by atoms with Crippen molar-refractivity contribution in [1.82, 2.24) is 0 Å². The number of hydrogen-bond acceptors (Lipinski definition) is 0. The lowest BCUT2D eigenvalue weighted by atomic mass is 9.83. The van der Waals surface area contributed by atoms with Gasteiger partial charge in [-0.15, -0.1) is 0 Å². The Morgan fingerprint density at radius 2 is 1.77 bits per heavy atom. The van der Waals surface area contributed by atoms with Gasteiger partial charge >= 0.3 is 0 Å². The van der Waals surface area contributed by atoms with Crippen molar-refractivity contribution in [3.63, 3.8) is 0 Å². The van der Waals surface area contributed by atoms with E-state index in [0.717, 1.165) is 5.33 Å². The molecule has 0 unspecified atom stereocenters. The molecule has 1 aromatic carbocycles. The van der Waals surface area contributed by atoms with Crippen LogP contribution >= 0.6 is 15.9 Å². The second-order valence-corrected chi connectivity index (χ2v) is 5.06. The number of rotatable bonds is 4. The Hall–Kier alpha value is -0.300. The highest BCUT2D eigenvalue weighted by Gasteiger charge is 2.16. The van der Waals surface area contributed by atoms with E-state index in [1.165, 1.54) is 18.4 Å². The van der Waals surface area contributed by atoms with Gasteiger partial charge < -0.3 is 0 Å². The zero-order valence-corrected chi connectivity index (χ0v) is 9.97. The fourth-order valence-corrected chi connectivity index (χ4v) is 2.57. The molecule has 1 heteroatoms. The Balaban J connectivity index is 2.58. The van der Waals surface area contributed by atoms with E-state index in [9.17, 15) is 0 Å². The Labute approximate surface area is 89.5 Å². The van der Waals surface area contributed by atoms with Gasteiger partial charge in [0.2, 0.25) is 0 Å². The Kier molecular flexibility index (Phi) is 3.98. The highest BCUT2D eigenvalue weighted by molar-refractivity contribution is 9.09. The lowest BCUT2D eigenvalue weighted by Crippen LogP contribution is -2.15. The zero-order valence-electron chi connectivity index (χ0n) is 8.39. The lowest BCUT2D eigenvalue weighted by molar-refractivity contribution is 0.353. The summed E-state index contributed by atoms with van der Waals surface area (Å²) in [4.78, 5) is 0. The van der Waals surface area contributed by atoms with Crippen molar-refractivity contribution < 1.29 is 0 Å². The molecule has 0 aromatic heterocycles. The molecule has 0 N–H and O–H groups in total. The average molecular weight is 241 g/mol. The fraction of sp³-hybridized carbons (Fsp3) is 0.500. The van der Waals surface area contributed by atoms with Crippen molar-refractivity contribution in [2.45, 2.75) is 26.7 Å². The number of halogens is 1. The number of benzene rings is 1. The largest absolute Gasteiger partial charge is 0.0928 e. The third-order valence-corrected chi connectivity index (χ3v) is 2.69. The van der Waals surface area contributed by atoms with Crippen molar-refractivity contribution in [2.24, 2.45) is 5.41 Å². The molecule has 0 saturated carbocycles. The van der Waals surface area contributed by atoms with Crippen LogP contribution in [0.4, 0.5) is 0 Å². The molecule has 0 saturated heterocycles. The van der Waals surface area contributed by atoms with Crippen molar-refractivity contribution >= 4 is 15.9 Å². The molecule has 0 spiro atoms. The van der Waals surface area contributed by atoms with Gasteiger partial charge in [0, 0.05) is 5.33 Å². The minimum atomic E-state index is 0.408. The van der Waals surface area contributed by atoms with E-state index < -0.39 is 0 Å². The van der Waals surface area contributed by atoms with E-state index in [1.54, 1.807) is 0 Å². The molecule has 13 heavy (non-hydrogen) atoms. The third kappa shape index (κ3) is 3.95. The summed E-state index contributed by atoms with van der Waals surface area (Å²) in [6.45, 7) is 4.64. The Morgan fingerprint density at radius 1 is 1.15 bits per heavy atom. The van der Waals surface area contributed by atoms with Crippen LogP contribution in [0.15, 0.2) is 30.3 Å². The quantitative estimate of drug-likeness (QED) is 0.698. The van der Waals surface area contributed by atoms with Crippen LogP contribution in [0.25, 0.3) is 0 Å². The van der Waals surface area contributed by atoms with Crippen LogP contribution in [0.5, 0.6) is 0 Å². The minimum absolute atomic E-state index is 0.408. The van der Waals surface area contributed by atoms with E-state index in [-0.39, 0.29) is 0 Å². The van der Waals surface area contributed by atoms with Gasteiger partial charge in [-0.05, 0) is 23.8 Å². The van der Waals surface area contributed by atoms with Crippen LogP contribution in [0.1, 0.15) is 25.8 Å². The molecule has 0 nitrogen and oxygen atoms in total. The smallest absolute Gasteiger partial charge is 0.00364 e. The molecule has 0 bridgehead atoms. The Morgan fingerprint density at radius 3 is 2.31 bits per heavy atom. The first kappa shape index (κ1) is 10.8. The summed E-state index contributed by atoms with van der Waals surface area (Å²) in [6.07, 6.45) is 2.39. The summed E-state index contributed by atoms with van der Waals surface area (Å²) in [7, 11) is 0. The van der Waals surface area contributed by atoms with E-state index >= 15 is 0 Å². The van der Waals surface area contributed by atoms with Gasteiger partial charge in [0.05, 0.1) is 0 Å². The molecule has 0 aliphatic rings. The summed E-state index contributed by atoms with van der Waals surface area (Å²) >= 11 is 3.50. The van der Waals surface area contributed by atoms with Gasteiger partial charge in [0.1, 0.15) is 0 Å². The van der Waals surface area contributed by atoms with Crippen LogP contribution in [-0.4, -0.2) is 5.33 Å². The summed E-state index contributed by atoms with van der Waals surface area (Å²) in [5, 5.41) is 1.09. The van der Waals surface area contributed by atoms with Crippen molar-refractivity contribution in [3.8, 4) is 0 Å². The molecule has 0 amide bonds. The highest BCUT2D eigenvalue weighted by atomic mass is 79.9. The summed E-state index contributed by atoms with van der Waals surface area (Å²) in [6, 6.07) is 10.7. The summed E-state index contributed by atoms with van der Waals surface area (Å²) in [5.74, 6) is 0. The zero-order chi connectivity index (χ0) is 9.73. The van der Waals surface area contributed by atoms with Crippen LogP contribution in [0.2, 0.25) is 0 Å². The highest BCUT2D eigenvalue weighted by Crippen LogP contribution is 2.26. The van der Waals surface area contributed by atoms with Gasteiger partial charge in [-0.3, -0.25) is 0 Å². The van der Waals surface area contributed by atoms with Crippen LogP contribution < -0.4 is 0 Å². The summed E-state index contributed by atoms with van der Waals surface area (Å²) in [5.41, 5.74) is 1.85. The minimum Gasteiger partial charge on any atom is -0.0928 e. The molecule has 0 atom stereocenters. The van der Waals surface area contributed by atoms with Gasteiger partial charge in [-0.25, -0.2) is 0 Å². The topological polar surface area (TPSA) is 0 Å². The molecular weight excluding hydrogens is 224 g/mol. The summed E-state index contributed by atoms with van der Waals surface area (Å²) < 4.78 is 0. The first-order valence-corrected chi connectivity index (χ1v) is 5.86. The Bertz CT molecular complexity index is 239. The second kappa shape index (κ2) is 4.80. The third-order valence-electron chi connectivity index (χ3n) is 2.30. The first-order chi connectivity index (χ1) is 6.14. The monoisotopic (exact) mass is 240 g/mol. The molecule has 1 rings (SSSR count). The van der Waals surface area contributed by atoms with Crippen LogP contribution in [-0.2, 0) is 6.42 Å². The molecule has 1 aromatic rings. The van der Waals surface area contributed by atoms with Crippen molar-refractivity contribution in [1.29, 1.82) is 0 Å². The molecule has 72 valence electrons. The number of hydrogen-bond donors (Lipinski definition) is 0. The molecule has 0 radical (unpaired) electrons. The molecular formula is C12H17Br. The maximum Gasteiger partial charge on any atom is 0.00364 e. The number of alkyl halides is 1.